The molecule has 0 bridgehead atoms. The lowest BCUT2D eigenvalue weighted by atomic mass is 10.1. The van der Waals surface area contributed by atoms with Crippen LogP contribution in [0.5, 0.6) is 5.75 Å². The molecule has 1 heterocycles. The first-order chi connectivity index (χ1) is 8.29. The third-order valence-electron chi connectivity index (χ3n) is 2.37. The molecule has 0 spiro atoms. The molecular weight excluding hydrogens is 216 g/mol. The van der Waals surface area contributed by atoms with Crippen LogP contribution in [-0.2, 0) is 6.42 Å². The number of nitrogens with zero attached hydrogens (tertiary/aromatic N) is 3. The minimum absolute atomic E-state index is 0.235. The molecule has 88 valence electrons. The van der Waals surface area contributed by atoms with Gasteiger partial charge < -0.3 is 10.8 Å². The predicted octanol–water partition coefficient (Wildman–Crippen LogP) is 1.14. The summed E-state index contributed by atoms with van der Waals surface area (Å²) in [5.74, 6) is 0.931. The third-order valence-corrected chi connectivity index (χ3v) is 2.37. The van der Waals surface area contributed by atoms with Crippen molar-refractivity contribution >= 4 is 0 Å². The minimum atomic E-state index is 0.235. The maximum atomic E-state index is 9.21. The van der Waals surface area contributed by atoms with Gasteiger partial charge in [0.15, 0.2) is 5.82 Å². The Kier molecular flexibility index (Phi) is 3.62. The molecule has 0 unspecified atom stereocenters. The van der Waals surface area contributed by atoms with Gasteiger partial charge in [-0.05, 0) is 37.2 Å². The summed E-state index contributed by atoms with van der Waals surface area (Å²) in [6.07, 6.45) is 3.19. The van der Waals surface area contributed by atoms with E-state index in [1.807, 2.05) is 0 Å². The van der Waals surface area contributed by atoms with Gasteiger partial charge in [-0.2, -0.15) is 5.10 Å². The van der Waals surface area contributed by atoms with Gasteiger partial charge in [0, 0.05) is 12.0 Å². The van der Waals surface area contributed by atoms with E-state index in [1.54, 1.807) is 30.5 Å². The fourth-order valence-electron chi connectivity index (χ4n) is 1.48. The summed E-state index contributed by atoms with van der Waals surface area (Å²) in [5, 5.41) is 17.1. The van der Waals surface area contributed by atoms with Crippen molar-refractivity contribution in [2.75, 3.05) is 6.54 Å². The molecule has 0 fully saturated rings. The molecule has 17 heavy (non-hydrogen) atoms. The van der Waals surface area contributed by atoms with Gasteiger partial charge in [0.1, 0.15) is 5.75 Å². The van der Waals surface area contributed by atoms with Gasteiger partial charge in [-0.3, -0.25) is 0 Å². The van der Waals surface area contributed by atoms with Crippen molar-refractivity contribution in [1.29, 1.82) is 0 Å². The van der Waals surface area contributed by atoms with Crippen LogP contribution in [0.2, 0.25) is 0 Å². The molecule has 0 saturated heterocycles. The Morgan fingerprint density at radius 3 is 2.65 bits per heavy atom. The molecule has 0 aliphatic carbocycles. The van der Waals surface area contributed by atoms with Crippen LogP contribution in [0.25, 0.3) is 11.3 Å². The Bertz CT molecular complexity index is 484. The van der Waals surface area contributed by atoms with Crippen LogP contribution >= 0.6 is 0 Å². The predicted molar refractivity (Wildman–Crippen MR) is 64.3 cm³/mol. The highest BCUT2D eigenvalue weighted by molar-refractivity contribution is 5.58. The van der Waals surface area contributed by atoms with Gasteiger partial charge in [-0.15, -0.1) is 5.10 Å². The van der Waals surface area contributed by atoms with Crippen molar-refractivity contribution in [1.82, 2.24) is 15.2 Å². The monoisotopic (exact) mass is 230 g/mol. The Labute approximate surface area is 99.3 Å². The largest absolute Gasteiger partial charge is 0.508 e. The topological polar surface area (TPSA) is 84.9 Å². The molecule has 0 amide bonds. The van der Waals surface area contributed by atoms with E-state index in [-0.39, 0.29) is 5.75 Å². The molecule has 5 nitrogen and oxygen atoms in total. The Hall–Kier alpha value is -2.01. The molecule has 0 aliphatic rings. The lowest BCUT2D eigenvalue weighted by molar-refractivity contribution is 0.475. The zero-order valence-corrected chi connectivity index (χ0v) is 9.37. The molecule has 0 radical (unpaired) electrons. The molecule has 0 atom stereocenters. The number of rotatable bonds is 4. The second kappa shape index (κ2) is 5.36. The second-order valence-electron chi connectivity index (χ2n) is 3.70. The van der Waals surface area contributed by atoms with E-state index < -0.39 is 0 Å². The van der Waals surface area contributed by atoms with Crippen LogP contribution in [0.3, 0.4) is 0 Å². The smallest absolute Gasteiger partial charge is 0.151 e. The van der Waals surface area contributed by atoms with E-state index in [9.17, 15) is 5.11 Å². The molecule has 1 aromatic carbocycles. The average Bonchev–Trinajstić information content (AvgIpc) is 2.37. The van der Waals surface area contributed by atoms with Crippen LogP contribution in [0.4, 0.5) is 0 Å². The maximum Gasteiger partial charge on any atom is 0.151 e. The SMILES string of the molecule is NCCCc1nncc(-c2ccc(O)cc2)n1. The normalized spacial score (nSPS) is 10.4. The van der Waals surface area contributed by atoms with E-state index in [0.29, 0.717) is 12.4 Å². The van der Waals surface area contributed by atoms with Gasteiger partial charge >= 0.3 is 0 Å². The van der Waals surface area contributed by atoms with Gasteiger partial charge in [-0.25, -0.2) is 4.98 Å². The first kappa shape index (κ1) is 11.5. The summed E-state index contributed by atoms with van der Waals surface area (Å²) >= 11 is 0. The number of benzene rings is 1. The van der Waals surface area contributed by atoms with Crippen LogP contribution in [0.1, 0.15) is 12.2 Å². The average molecular weight is 230 g/mol. The molecule has 2 aromatic rings. The van der Waals surface area contributed by atoms with Gasteiger partial charge in [0.05, 0.1) is 11.9 Å². The Morgan fingerprint density at radius 1 is 1.18 bits per heavy atom. The van der Waals surface area contributed by atoms with Crippen molar-refractivity contribution in [3.05, 3.63) is 36.3 Å². The van der Waals surface area contributed by atoms with Crippen LogP contribution in [-0.4, -0.2) is 26.8 Å². The van der Waals surface area contributed by atoms with Crippen molar-refractivity contribution in [3.8, 4) is 17.0 Å². The quantitative estimate of drug-likeness (QED) is 0.822. The van der Waals surface area contributed by atoms with Gasteiger partial charge in [0.25, 0.3) is 0 Å². The van der Waals surface area contributed by atoms with E-state index in [4.69, 9.17) is 5.73 Å². The number of phenols is 1. The summed E-state index contributed by atoms with van der Waals surface area (Å²) in [7, 11) is 0. The van der Waals surface area contributed by atoms with Crippen LogP contribution in [0.15, 0.2) is 30.5 Å². The Morgan fingerprint density at radius 2 is 1.94 bits per heavy atom. The van der Waals surface area contributed by atoms with E-state index in [0.717, 1.165) is 24.1 Å². The number of nitrogens with two attached hydrogens (primary N) is 1. The highest BCUT2D eigenvalue weighted by Crippen LogP contribution is 2.19. The fraction of sp³-hybridized carbons (Fsp3) is 0.250. The molecule has 0 aliphatic heterocycles. The standard InChI is InChI=1S/C12H14N4O/c13-7-1-2-12-15-11(8-14-16-12)9-3-5-10(17)6-4-9/h3-6,8,17H,1-2,7,13H2. The minimum Gasteiger partial charge on any atom is -0.508 e. The molecular formula is C12H14N4O. The first-order valence-electron chi connectivity index (χ1n) is 5.47. The van der Waals surface area contributed by atoms with Gasteiger partial charge in [0.2, 0.25) is 0 Å². The number of hydrogen-bond acceptors (Lipinski definition) is 5. The number of hydrogen-bond donors (Lipinski definition) is 2. The van der Waals surface area contributed by atoms with Crippen molar-refractivity contribution in [2.24, 2.45) is 5.73 Å². The third kappa shape index (κ3) is 2.98. The summed E-state index contributed by atoms with van der Waals surface area (Å²) in [4.78, 5) is 4.40. The van der Waals surface area contributed by atoms with E-state index in [2.05, 4.69) is 15.2 Å². The number of aromatic hydroxyl groups is 1. The zero-order valence-electron chi connectivity index (χ0n) is 9.37. The summed E-state index contributed by atoms with van der Waals surface area (Å²) < 4.78 is 0. The summed E-state index contributed by atoms with van der Waals surface area (Å²) in [6.45, 7) is 0.618. The van der Waals surface area contributed by atoms with Crippen molar-refractivity contribution in [2.45, 2.75) is 12.8 Å². The number of aryl methyl sites for hydroxylation is 1. The fourth-order valence-corrected chi connectivity index (χ4v) is 1.48. The molecule has 1 aromatic heterocycles. The van der Waals surface area contributed by atoms with E-state index >= 15 is 0 Å². The van der Waals surface area contributed by atoms with Crippen LogP contribution < -0.4 is 5.73 Å². The van der Waals surface area contributed by atoms with Crippen molar-refractivity contribution < 1.29 is 5.11 Å². The lowest BCUT2D eigenvalue weighted by Crippen LogP contribution is -2.04. The highest BCUT2D eigenvalue weighted by Gasteiger charge is 2.03. The lowest BCUT2D eigenvalue weighted by Gasteiger charge is -2.02. The molecule has 0 saturated carbocycles. The summed E-state index contributed by atoms with van der Waals surface area (Å²) in [5.41, 5.74) is 7.10. The Balaban J connectivity index is 2.23. The number of phenolic OH excluding ortho intramolecular Hbond substituents is 1. The summed E-state index contributed by atoms with van der Waals surface area (Å²) in [6, 6.07) is 6.84. The highest BCUT2D eigenvalue weighted by atomic mass is 16.3. The molecule has 2 rings (SSSR count). The maximum absolute atomic E-state index is 9.21. The van der Waals surface area contributed by atoms with Gasteiger partial charge in [-0.1, -0.05) is 0 Å². The van der Waals surface area contributed by atoms with E-state index in [1.165, 1.54) is 0 Å². The number of aromatic nitrogens is 3. The van der Waals surface area contributed by atoms with Crippen molar-refractivity contribution in [3.63, 3.8) is 0 Å². The zero-order chi connectivity index (χ0) is 12.1. The van der Waals surface area contributed by atoms with Crippen LogP contribution in [0, 0.1) is 0 Å². The second-order valence-corrected chi connectivity index (χ2v) is 3.70. The molecule has 5 heteroatoms. The molecule has 3 N–H and O–H groups in total. The first-order valence-corrected chi connectivity index (χ1v) is 5.47.